The fourth-order valence-corrected chi connectivity index (χ4v) is 3.62. The molecule has 0 aliphatic heterocycles. The van der Waals surface area contributed by atoms with Crippen molar-refractivity contribution in [1.82, 2.24) is 5.32 Å². The van der Waals surface area contributed by atoms with Gasteiger partial charge >= 0.3 is 0 Å². The third kappa shape index (κ3) is 2.11. The zero-order valence-electron chi connectivity index (χ0n) is 9.38. The van der Waals surface area contributed by atoms with Gasteiger partial charge in [0, 0.05) is 15.8 Å². The fourth-order valence-electron chi connectivity index (χ4n) is 2.33. The van der Waals surface area contributed by atoms with E-state index in [4.69, 9.17) is 0 Å². The number of aryl methyl sites for hydroxylation is 2. The van der Waals surface area contributed by atoms with Crippen molar-refractivity contribution in [3.05, 3.63) is 21.4 Å². The van der Waals surface area contributed by atoms with Crippen LogP contribution in [0.15, 0.2) is 6.07 Å². The lowest BCUT2D eigenvalue weighted by Gasteiger charge is -2.11. The van der Waals surface area contributed by atoms with Crippen LogP contribution in [0, 0.1) is 5.92 Å². The molecule has 1 aromatic rings. The van der Waals surface area contributed by atoms with Crippen LogP contribution in [0.5, 0.6) is 0 Å². The number of hydrogen-bond donors (Lipinski definition) is 1. The van der Waals surface area contributed by atoms with Gasteiger partial charge < -0.3 is 5.32 Å². The largest absolute Gasteiger partial charge is 0.309 e. The summed E-state index contributed by atoms with van der Waals surface area (Å²) in [6.07, 6.45) is 6.92. The molecule has 15 heavy (non-hydrogen) atoms. The van der Waals surface area contributed by atoms with E-state index in [2.05, 4.69) is 18.3 Å². The predicted molar refractivity (Wildman–Crippen MR) is 65.5 cm³/mol. The van der Waals surface area contributed by atoms with Crippen molar-refractivity contribution in [3.8, 4) is 0 Å². The van der Waals surface area contributed by atoms with Crippen LogP contribution in [0.4, 0.5) is 0 Å². The molecule has 1 aromatic heterocycles. The predicted octanol–water partition coefficient (Wildman–Crippen LogP) is 3.30. The lowest BCUT2D eigenvalue weighted by molar-refractivity contribution is 0.555. The minimum Gasteiger partial charge on any atom is -0.309 e. The van der Waals surface area contributed by atoms with Crippen LogP contribution >= 0.6 is 11.3 Å². The number of rotatable bonds is 4. The molecule has 0 amide bonds. The Morgan fingerprint density at radius 1 is 1.47 bits per heavy atom. The summed E-state index contributed by atoms with van der Waals surface area (Å²) in [5.41, 5.74) is 1.63. The van der Waals surface area contributed by atoms with Gasteiger partial charge in [0.05, 0.1) is 0 Å². The second-order valence-corrected chi connectivity index (χ2v) is 6.19. The quantitative estimate of drug-likeness (QED) is 0.822. The van der Waals surface area contributed by atoms with Crippen molar-refractivity contribution in [2.24, 2.45) is 5.92 Å². The molecule has 2 heteroatoms. The van der Waals surface area contributed by atoms with Gasteiger partial charge in [0.15, 0.2) is 0 Å². The maximum atomic E-state index is 3.66. The maximum absolute atomic E-state index is 3.66. The standard InChI is InChI=1S/C13H19NS/c1-9(14-8-10-5-6-10)13-7-11-3-2-4-12(11)15-13/h7,9-10,14H,2-6,8H2,1H3. The summed E-state index contributed by atoms with van der Waals surface area (Å²) in [5.74, 6) is 0.985. The highest BCUT2D eigenvalue weighted by Gasteiger charge is 2.23. The van der Waals surface area contributed by atoms with E-state index in [9.17, 15) is 0 Å². The first kappa shape index (κ1) is 9.86. The lowest BCUT2D eigenvalue weighted by Crippen LogP contribution is -2.20. The fraction of sp³-hybridized carbons (Fsp3) is 0.692. The van der Waals surface area contributed by atoms with Crippen molar-refractivity contribution in [2.75, 3.05) is 6.54 Å². The second kappa shape index (κ2) is 3.91. The molecule has 1 heterocycles. The Bertz CT molecular complexity index is 330. The van der Waals surface area contributed by atoms with Crippen LogP contribution < -0.4 is 5.32 Å². The number of nitrogens with one attached hydrogen (secondary N) is 1. The van der Waals surface area contributed by atoms with E-state index in [1.54, 1.807) is 15.3 Å². The van der Waals surface area contributed by atoms with E-state index in [1.165, 1.54) is 38.6 Å². The Balaban J connectivity index is 1.63. The van der Waals surface area contributed by atoms with E-state index in [0.717, 1.165) is 5.92 Å². The molecule has 1 unspecified atom stereocenters. The van der Waals surface area contributed by atoms with E-state index in [0.29, 0.717) is 6.04 Å². The van der Waals surface area contributed by atoms with Gasteiger partial charge in [-0.25, -0.2) is 0 Å². The zero-order chi connectivity index (χ0) is 10.3. The molecule has 0 bridgehead atoms. The summed E-state index contributed by atoms with van der Waals surface area (Å²) in [6.45, 7) is 3.53. The molecule has 1 saturated carbocycles. The molecule has 0 saturated heterocycles. The smallest absolute Gasteiger partial charge is 0.0386 e. The Kier molecular flexibility index (Phi) is 2.57. The maximum Gasteiger partial charge on any atom is 0.0386 e. The zero-order valence-corrected chi connectivity index (χ0v) is 10.2. The van der Waals surface area contributed by atoms with Crippen molar-refractivity contribution >= 4 is 11.3 Å². The molecule has 82 valence electrons. The van der Waals surface area contributed by atoms with E-state index in [1.807, 2.05) is 11.3 Å². The Morgan fingerprint density at radius 2 is 2.33 bits per heavy atom. The summed E-state index contributed by atoms with van der Waals surface area (Å²) >= 11 is 2.04. The summed E-state index contributed by atoms with van der Waals surface area (Å²) < 4.78 is 0. The summed E-state index contributed by atoms with van der Waals surface area (Å²) in [6, 6.07) is 3.01. The molecule has 1 nitrogen and oxygen atoms in total. The molecule has 2 aliphatic carbocycles. The van der Waals surface area contributed by atoms with Gasteiger partial charge in [0.1, 0.15) is 0 Å². The first-order valence-electron chi connectivity index (χ1n) is 6.18. The van der Waals surface area contributed by atoms with Gasteiger partial charge in [0.2, 0.25) is 0 Å². The van der Waals surface area contributed by atoms with E-state index >= 15 is 0 Å². The minimum atomic E-state index is 0.571. The van der Waals surface area contributed by atoms with Crippen LogP contribution in [0.1, 0.15) is 47.5 Å². The monoisotopic (exact) mass is 221 g/mol. The van der Waals surface area contributed by atoms with Gasteiger partial charge in [-0.05, 0) is 63.1 Å². The summed E-state index contributed by atoms with van der Waals surface area (Å²) in [4.78, 5) is 3.21. The molecule has 2 aliphatic rings. The minimum absolute atomic E-state index is 0.571. The Hall–Kier alpha value is -0.340. The number of fused-ring (bicyclic) bond motifs is 1. The van der Waals surface area contributed by atoms with Crippen molar-refractivity contribution < 1.29 is 0 Å². The van der Waals surface area contributed by atoms with Crippen LogP contribution in [0.2, 0.25) is 0 Å². The highest BCUT2D eigenvalue weighted by atomic mass is 32.1. The van der Waals surface area contributed by atoms with Crippen molar-refractivity contribution in [2.45, 2.75) is 45.1 Å². The van der Waals surface area contributed by atoms with Gasteiger partial charge in [-0.2, -0.15) is 0 Å². The first-order valence-corrected chi connectivity index (χ1v) is 6.99. The third-order valence-corrected chi connectivity index (χ3v) is 5.02. The molecule has 1 N–H and O–H groups in total. The summed E-state index contributed by atoms with van der Waals surface area (Å²) in [7, 11) is 0. The average molecular weight is 221 g/mol. The lowest BCUT2D eigenvalue weighted by atomic mass is 10.2. The van der Waals surface area contributed by atoms with Crippen LogP contribution in [0.25, 0.3) is 0 Å². The molecular formula is C13H19NS. The molecule has 1 fully saturated rings. The van der Waals surface area contributed by atoms with Crippen LogP contribution in [-0.4, -0.2) is 6.54 Å². The van der Waals surface area contributed by atoms with Crippen molar-refractivity contribution in [3.63, 3.8) is 0 Å². The van der Waals surface area contributed by atoms with E-state index < -0.39 is 0 Å². The van der Waals surface area contributed by atoms with Gasteiger partial charge in [-0.1, -0.05) is 0 Å². The molecule has 3 rings (SSSR count). The highest BCUT2D eigenvalue weighted by molar-refractivity contribution is 7.12. The topological polar surface area (TPSA) is 12.0 Å². The third-order valence-electron chi connectivity index (χ3n) is 3.60. The SMILES string of the molecule is CC(NCC1CC1)c1cc2c(s1)CCC2. The van der Waals surface area contributed by atoms with Gasteiger partial charge in [0.25, 0.3) is 0 Å². The van der Waals surface area contributed by atoms with Gasteiger partial charge in [-0.3, -0.25) is 0 Å². The van der Waals surface area contributed by atoms with Crippen LogP contribution in [0.3, 0.4) is 0 Å². The first-order chi connectivity index (χ1) is 7.33. The second-order valence-electron chi connectivity index (χ2n) is 5.02. The molecule has 1 atom stereocenters. The number of hydrogen-bond acceptors (Lipinski definition) is 2. The number of thiophene rings is 1. The van der Waals surface area contributed by atoms with Crippen LogP contribution in [-0.2, 0) is 12.8 Å². The average Bonchev–Trinajstić information content (AvgIpc) is 2.79. The van der Waals surface area contributed by atoms with Gasteiger partial charge in [-0.15, -0.1) is 11.3 Å². The summed E-state index contributed by atoms with van der Waals surface area (Å²) in [5, 5.41) is 3.66. The molecule has 0 spiro atoms. The molecular weight excluding hydrogens is 202 g/mol. The molecule has 0 aromatic carbocycles. The van der Waals surface area contributed by atoms with E-state index in [-0.39, 0.29) is 0 Å². The normalized spacial score (nSPS) is 21.7. The Morgan fingerprint density at radius 3 is 3.07 bits per heavy atom. The van der Waals surface area contributed by atoms with Crippen molar-refractivity contribution in [1.29, 1.82) is 0 Å². The Labute approximate surface area is 95.9 Å². The highest BCUT2D eigenvalue weighted by Crippen LogP contribution is 2.34. The molecule has 0 radical (unpaired) electrons.